The SMILES string of the molecule is COc1cc(N)c(N(C)CC(F)(F)F)cc1OC. The van der Waals surface area contributed by atoms with Crippen LogP contribution >= 0.6 is 0 Å². The highest BCUT2D eigenvalue weighted by Crippen LogP contribution is 2.37. The summed E-state index contributed by atoms with van der Waals surface area (Å²) in [6.07, 6.45) is -4.30. The van der Waals surface area contributed by atoms with E-state index < -0.39 is 12.7 Å². The van der Waals surface area contributed by atoms with Crippen LogP contribution in [0.25, 0.3) is 0 Å². The summed E-state index contributed by atoms with van der Waals surface area (Å²) in [6.45, 7) is -1.09. The Labute approximate surface area is 103 Å². The zero-order chi connectivity index (χ0) is 13.9. The van der Waals surface area contributed by atoms with E-state index in [2.05, 4.69) is 0 Å². The van der Waals surface area contributed by atoms with Gasteiger partial charge in [-0.05, 0) is 0 Å². The number of anilines is 2. The molecule has 2 N–H and O–H groups in total. The van der Waals surface area contributed by atoms with Gasteiger partial charge in [0.2, 0.25) is 0 Å². The zero-order valence-electron chi connectivity index (χ0n) is 10.3. The fourth-order valence-electron chi connectivity index (χ4n) is 1.57. The highest BCUT2D eigenvalue weighted by Gasteiger charge is 2.30. The van der Waals surface area contributed by atoms with Gasteiger partial charge in [-0.15, -0.1) is 0 Å². The molecular formula is C11H15F3N2O2. The minimum absolute atomic E-state index is 0.194. The molecule has 0 atom stereocenters. The maximum absolute atomic E-state index is 12.3. The minimum atomic E-state index is -4.30. The molecule has 0 saturated carbocycles. The lowest BCUT2D eigenvalue weighted by Crippen LogP contribution is -2.31. The molecule has 0 aromatic heterocycles. The van der Waals surface area contributed by atoms with Gasteiger partial charge in [0.25, 0.3) is 0 Å². The first-order valence-electron chi connectivity index (χ1n) is 5.08. The van der Waals surface area contributed by atoms with Crippen molar-refractivity contribution in [3.8, 4) is 11.5 Å². The number of nitrogens with zero attached hydrogens (tertiary/aromatic N) is 1. The third-order valence-electron chi connectivity index (χ3n) is 2.36. The summed E-state index contributed by atoms with van der Waals surface area (Å²) in [5.41, 5.74) is 6.13. The van der Waals surface area contributed by atoms with E-state index in [9.17, 15) is 13.2 Å². The van der Waals surface area contributed by atoms with Crippen molar-refractivity contribution in [3.63, 3.8) is 0 Å². The molecule has 4 nitrogen and oxygen atoms in total. The van der Waals surface area contributed by atoms with E-state index in [-0.39, 0.29) is 11.4 Å². The molecule has 0 unspecified atom stereocenters. The van der Waals surface area contributed by atoms with Crippen LogP contribution in [0.4, 0.5) is 24.5 Å². The van der Waals surface area contributed by atoms with E-state index in [4.69, 9.17) is 15.2 Å². The minimum Gasteiger partial charge on any atom is -0.493 e. The Hall–Kier alpha value is -1.79. The molecule has 1 aromatic carbocycles. The maximum atomic E-state index is 12.3. The number of hydrogen-bond acceptors (Lipinski definition) is 4. The number of nitrogens with two attached hydrogens (primary N) is 1. The van der Waals surface area contributed by atoms with Gasteiger partial charge < -0.3 is 20.1 Å². The normalized spacial score (nSPS) is 11.2. The summed E-state index contributed by atoms with van der Waals surface area (Å²) in [4.78, 5) is 1.01. The first-order chi connectivity index (χ1) is 8.28. The molecule has 0 amide bonds. The number of rotatable bonds is 4. The van der Waals surface area contributed by atoms with Crippen LogP contribution < -0.4 is 20.1 Å². The average molecular weight is 264 g/mol. The molecule has 0 aliphatic heterocycles. The monoisotopic (exact) mass is 264 g/mol. The van der Waals surface area contributed by atoms with Crippen molar-refractivity contribution in [2.24, 2.45) is 0 Å². The van der Waals surface area contributed by atoms with Crippen molar-refractivity contribution in [2.75, 3.05) is 38.4 Å². The molecule has 0 bridgehead atoms. The summed E-state index contributed by atoms with van der Waals surface area (Å²) in [5, 5.41) is 0. The summed E-state index contributed by atoms with van der Waals surface area (Å²) < 4.78 is 47.0. The van der Waals surface area contributed by atoms with E-state index in [0.29, 0.717) is 11.5 Å². The van der Waals surface area contributed by atoms with Gasteiger partial charge in [-0.3, -0.25) is 0 Å². The molecule has 0 heterocycles. The number of methoxy groups -OCH3 is 2. The standard InChI is InChI=1S/C11H15F3N2O2/c1-16(6-11(12,13)14)8-5-10(18-3)9(17-2)4-7(8)15/h4-5H,6,15H2,1-3H3. The largest absolute Gasteiger partial charge is 0.493 e. The van der Waals surface area contributed by atoms with Crippen LogP contribution in [0.3, 0.4) is 0 Å². The van der Waals surface area contributed by atoms with Crippen LogP contribution in [0.5, 0.6) is 11.5 Å². The highest BCUT2D eigenvalue weighted by molar-refractivity contribution is 5.73. The number of halogens is 3. The van der Waals surface area contributed by atoms with Gasteiger partial charge in [0.15, 0.2) is 11.5 Å². The Kier molecular flexibility index (Phi) is 4.15. The second-order valence-electron chi connectivity index (χ2n) is 3.74. The Balaban J connectivity index is 3.09. The van der Waals surface area contributed by atoms with Gasteiger partial charge in [0.05, 0.1) is 25.6 Å². The number of nitrogen functional groups attached to an aromatic ring is 1. The molecule has 0 aliphatic carbocycles. The third kappa shape index (κ3) is 3.35. The van der Waals surface area contributed by atoms with Crippen LogP contribution in [0.1, 0.15) is 0 Å². The van der Waals surface area contributed by atoms with Crippen LogP contribution in [-0.4, -0.2) is 34.0 Å². The van der Waals surface area contributed by atoms with E-state index in [1.54, 1.807) is 0 Å². The Morgan fingerprint density at radius 2 is 1.67 bits per heavy atom. The van der Waals surface area contributed by atoms with Gasteiger partial charge in [-0.2, -0.15) is 13.2 Å². The Morgan fingerprint density at radius 3 is 2.11 bits per heavy atom. The first kappa shape index (κ1) is 14.3. The number of ether oxygens (including phenoxy) is 2. The number of alkyl halides is 3. The Bertz CT molecular complexity index is 421. The van der Waals surface area contributed by atoms with Gasteiger partial charge in [0.1, 0.15) is 6.54 Å². The van der Waals surface area contributed by atoms with Crippen molar-refractivity contribution in [3.05, 3.63) is 12.1 Å². The van der Waals surface area contributed by atoms with Gasteiger partial charge >= 0.3 is 6.18 Å². The van der Waals surface area contributed by atoms with E-state index in [1.165, 1.54) is 33.4 Å². The van der Waals surface area contributed by atoms with Crippen molar-refractivity contribution in [2.45, 2.75) is 6.18 Å². The molecule has 1 rings (SSSR count). The van der Waals surface area contributed by atoms with Crippen LogP contribution in [-0.2, 0) is 0 Å². The van der Waals surface area contributed by atoms with E-state index >= 15 is 0 Å². The number of benzene rings is 1. The molecule has 1 aromatic rings. The molecule has 0 aliphatic rings. The van der Waals surface area contributed by atoms with Crippen molar-refractivity contribution in [1.82, 2.24) is 0 Å². The second kappa shape index (κ2) is 5.24. The topological polar surface area (TPSA) is 47.7 Å². The molecule has 18 heavy (non-hydrogen) atoms. The van der Waals surface area contributed by atoms with Crippen molar-refractivity contribution >= 4 is 11.4 Å². The average Bonchev–Trinajstić information content (AvgIpc) is 2.26. The summed E-state index contributed by atoms with van der Waals surface area (Å²) in [5.74, 6) is 0.704. The van der Waals surface area contributed by atoms with Crippen LogP contribution in [0.2, 0.25) is 0 Å². The second-order valence-corrected chi connectivity index (χ2v) is 3.74. The van der Waals surface area contributed by atoms with Gasteiger partial charge in [-0.1, -0.05) is 0 Å². The molecule has 0 saturated heterocycles. The molecule has 0 spiro atoms. The predicted octanol–water partition coefficient (Wildman–Crippen LogP) is 2.28. The summed E-state index contributed by atoms with van der Waals surface area (Å²) in [7, 11) is 4.14. The van der Waals surface area contributed by atoms with Crippen LogP contribution in [0.15, 0.2) is 12.1 Å². The van der Waals surface area contributed by atoms with E-state index in [1.807, 2.05) is 0 Å². The third-order valence-corrected chi connectivity index (χ3v) is 2.36. The van der Waals surface area contributed by atoms with E-state index in [0.717, 1.165) is 4.90 Å². The van der Waals surface area contributed by atoms with Gasteiger partial charge in [0, 0.05) is 19.2 Å². The maximum Gasteiger partial charge on any atom is 0.405 e. The zero-order valence-corrected chi connectivity index (χ0v) is 10.3. The molecular weight excluding hydrogens is 249 g/mol. The lowest BCUT2D eigenvalue weighted by molar-refractivity contribution is -0.119. The number of hydrogen-bond donors (Lipinski definition) is 1. The predicted molar refractivity (Wildman–Crippen MR) is 63.3 cm³/mol. The molecule has 7 heteroatoms. The summed E-state index contributed by atoms with van der Waals surface area (Å²) >= 11 is 0. The first-order valence-corrected chi connectivity index (χ1v) is 5.08. The fraction of sp³-hybridized carbons (Fsp3) is 0.455. The van der Waals surface area contributed by atoms with Crippen molar-refractivity contribution in [1.29, 1.82) is 0 Å². The lowest BCUT2D eigenvalue weighted by Gasteiger charge is -2.23. The fourth-order valence-corrected chi connectivity index (χ4v) is 1.57. The molecule has 0 fully saturated rings. The smallest absolute Gasteiger partial charge is 0.405 e. The lowest BCUT2D eigenvalue weighted by atomic mass is 10.2. The Morgan fingerprint density at radius 1 is 1.17 bits per heavy atom. The van der Waals surface area contributed by atoms with Gasteiger partial charge in [-0.25, -0.2) is 0 Å². The quantitative estimate of drug-likeness (QED) is 0.848. The molecule has 102 valence electrons. The molecule has 0 radical (unpaired) electrons. The van der Waals surface area contributed by atoms with Crippen molar-refractivity contribution < 1.29 is 22.6 Å². The highest BCUT2D eigenvalue weighted by atomic mass is 19.4. The summed E-state index contributed by atoms with van der Waals surface area (Å²) in [6, 6.07) is 2.85. The van der Waals surface area contributed by atoms with Crippen LogP contribution in [0, 0.1) is 0 Å².